The first kappa shape index (κ1) is 30.9. The quantitative estimate of drug-likeness (QED) is 0.351. The van der Waals surface area contributed by atoms with Gasteiger partial charge in [-0.2, -0.15) is 21.6 Å². The van der Waals surface area contributed by atoms with Crippen molar-refractivity contribution in [2.45, 2.75) is 77.6 Å². The molecule has 0 aliphatic rings. The molecule has 10 nitrogen and oxygen atoms in total. The smallest absolute Gasteiger partial charge is 0.444 e. The minimum absolute atomic E-state index is 0.0390. The van der Waals surface area contributed by atoms with Gasteiger partial charge in [-0.3, -0.25) is 4.98 Å². The summed E-state index contributed by atoms with van der Waals surface area (Å²) < 4.78 is 78.2. The fraction of sp³-hybridized carbons (Fsp3) is 0.542. The number of alkyl halides is 3. The molecule has 0 bridgehead atoms. The van der Waals surface area contributed by atoms with Crippen molar-refractivity contribution in [1.82, 2.24) is 15.6 Å². The highest BCUT2D eigenvalue weighted by Crippen LogP contribution is 2.36. The Morgan fingerprint density at radius 1 is 0.974 bits per heavy atom. The van der Waals surface area contributed by atoms with Gasteiger partial charge in [0.25, 0.3) is 0 Å². The van der Waals surface area contributed by atoms with Crippen LogP contribution in [0.15, 0.2) is 24.4 Å². The Hall–Kier alpha value is -3.29. The van der Waals surface area contributed by atoms with Gasteiger partial charge in [0.1, 0.15) is 11.2 Å². The SMILES string of the molecule is CC(CNC(=O)OC(C)(C)C)c1cccc2c(OS(=O)(=O)C(F)(F)F)c(CNC(=O)OC(C)(C)C)cnc12. The molecule has 0 aliphatic heterocycles. The lowest BCUT2D eigenvalue weighted by Gasteiger charge is -2.22. The highest BCUT2D eigenvalue weighted by atomic mass is 32.2. The van der Waals surface area contributed by atoms with E-state index in [1.165, 1.54) is 12.1 Å². The van der Waals surface area contributed by atoms with E-state index in [4.69, 9.17) is 9.47 Å². The van der Waals surface area contributed by atoms with Crippen molar-refractivity contribution in [2.24, 2.45) is 0 Å². The van der Waals surface area contributed by atoms with Gasteiger partial charge in [0, 0.05) is 29.6 Å². The van der Waals surface area contributed by atoms with Crippen LogP contribution >= 0.6 is 0 Å². The summed E-state index contributed by atoms with van der Waals surface area (Å²) in [6, 6.07) is 4.47. The van der Waals surface area contributed by atoms with Crippen LogP contribution in [0.5, 0.6) is 5.75 Å². The maximum absolute atomic E-state index is 13.2. The maximum atomic E-state index is 13.2. The molecule has 38 heavy (non-hydrogen) atoms. The van der Waals surface area contributed by atoms with Gasteiger partial charge in [0.15, 0.2) is 5.75 Å². The molecule has 1 heterocycles. The Bertz CT molecular complexity index is 1280. The number of carbonyl (C=O) groups excluding carboxylic acids is 2. The average molecular weight is 564 g/mol. The van der Waals surface area contributed by atoms with Gasteiger partial charge < -0.3 is 24.3 Å². The number of nitrogens with one attached hydrogen (secondary N) is 2. The molecule has 0 saturated carbocycles. The lowest BCUT2D eigenvalue weighted by Crippen LogP contribution is -2.34. The molecule has 2 N–H and O–H groups in total. The molecular formula is C24H32F3N3O7S. The lowest BCUT2D eigenvalue weighted by atomic mass is 9.97. The number of hydrogen-bond donors (Lipinski definition) is 2. The molecule has 2 amide bonds. The van der Waals surface area contributed by atoms with Gasteiger partial charge in [0.05, 0.1) is 12.1 Å². The van der Waals surface area contributed by atoms with Crippen molar-refractivity contribution in [3.63, 3.8) is 0 Å². The topological polar surface area (TPSA) is 133 Å². The van der Waals surface area contributed by atoms with Crippen LogP contribution in [0, 0.1) is 0 Å². The summed E-state index contributed by atoms with van der Waals surface area (Å²) in [6.07, 6.45) is -0.426. The summed E-state index contributed by atoms with van der Waals surface area (Å²) in [5.41, 5.74) is -6.73. The Labute approximate surface area is 219 Å². The van der Waals surface area contributed by atoms with E-state index in [2.05, 4.69) is 19.8 Å². The van der Waals surface area contributed by atoms with Crippen molar-refractivity contribution in [1.29, 1.82) is 0 Å². The Kier molecular flexibility index (Phi) is 9.13. The second-order valence-electron chi connectivity index (χ2n) is 10.5. The van der Waals surface area contributed by atoms with E-state index >= 15 is 0 Å². The number of carbonyl (C=O) groups is 2. The van der Waals surface area contributed by atoms with E-state index in [1.54, 1.807) is 54.5 Å². The molecule has 0 aliphatic carbocycles. The molecule has 0 fully saturated rings. The molecule has 1 aromatic heterocycles. The van der Waals surface area contributed by atoms with E-state index in [0.717, 1.165) is 6.20 Å². The third-order valence-corrected chi connectivity index (χ3v) is 5.69. The first-order valence-electron chi connectivity index (χ1n) is 11.5. The van der Waals surface area contributed by atoms with Crippen molar-refractivity contribution in [2.75, 3.05) is 6.54 Å². The van der Waals surface area contributed by atoms with Gasteiger partial charge in [-0.15, -0.1) is 0 Å². The predicted octanol–water partition coefficient (Wildman–Crippen LogP) is 5.12. The van der Waals surface area contributed by atoms with E-state index in [9.17, 15) is 31.2 Å². The average Bonchev–Trinajstić information content (AvgIpc) is 2.73. The highest BCUT2D eigenvalue weighted by molar-refractivity contribution is 7.88. The molecule has 1 atom stereocenters. The second-order valence-corrected chi connectivity index (χ2v) is 12.0. The summed E-state index contributed by atoms with van der Waals surface area (Å²) in [7, 11) is -6.05. The number of rotatable bonds is 7. The van der Waals surface area contributed by atoms with Gasteiger partial charge in [-0.1, -0.05) is 19.1 Å². The summed E-state index contributed by atoms with van der Waals surface area (Å²) in [5, 5.41) is 4.93. The van der Waals surface area contributed by atoms with E-state index < -0.39 is 57.2 Å². The molecule has 1 aromatic carbocycles. The normalized spacial score (nSPS) is 13.5. The first-order valence-corrected chi connectivity index (χ1v) is 13.0. The number of amides is 2. The van der Waals surface area contributed by atoms with Crippen LogP contribution in [-0.4, -0.2) is 48.8 Å². The van der Waals surface area contributed by atoms with Crippen LogP contribution in [0.4, 0.5) is 22.8 Å². The summed E-state index contributed by atoms with van der Waals surface area (Å²) >= 11 is 0. The summed E-state index contributed by atoms with van der Waals surface area (Å²) in [4.78, 5) is 28.4. The largest absolute Gasteiger partial charge is 0.534 e. The number of benzene rings is 1. The third kappa shape index (κ3) is 8.64. The van der Waals surface area contributed by atoms with Gasteiger partial charge in [-0.25, -0.2) is 9.59 Å². The maximum Gasteiger partial charge on any atom is 0.534 e. The molecule has 0 saturated heterocycles. The van der Waals surface area contributed by atoms with E-state index in [0.29, 0.717) is 5.56 Å². The number of para-hydroxylation sites is 1. The molecule has 2 rings (SSSR count). The zero-order valence-corrected chi connectivity index (χ0v) is 23.0. The number of nitrogens with zero attached hydrogens (tertiary/aromatic N) is 1. The first-order chi connectivity index (χ1) is 17.2. The minimum Gasteiger partial charge on any atom is -0.444 e. The van der Waals surface area contributed by atoms with Gasteiger partial charge in [-0.05, 0) is 53.2 Å². The fourth-order valence-corrected chi connectivity index (χ4v) is 3.69. The Morgan fingerprint density at radius 3 is 2.05 bits per heavy atom. The lowest BCUT2D eigenvalue weighted by molar-refractivity contribution is -0.0500. The molecule has 212 valence electrons. The number of hydrogen-bond acceptors (Lipinski definition) is 8. The molecule has 14 heteroatoms. The summed E-state index contributed by atoms with van der Waals surface area (Å²) in [5.74, 6) is -1.05. The third-order valence-electron chi connectivity index (χ3n) is 4.73. The number of ether oxygens (including phenoxy) is 2. The zero-order chi connectivity index (χ0) is 29.1. The van der Waals surface area contributed by atoms with Crippen LogP contribution in [-0.2, 0) is 26.1 Å². The van der Waals surface area contributed by atoms with Crippen molar-refractivity contribution in [3.8, 4) is 5.75 Å². The van der Waals surface area contributed by atoms with Crippen LogP contribution in [0.3, 0.4) is 0 Å². The predicted molar refractivity (Wildman–Crippen MR) is 133 cm³/mol. The number of pyridine rings is 1. The zero-order valence-electron chi connectivity index (χ0n) is 22.1. The van der Waals surface area contributed by atoms with Gasteiger partial charge >= 0.3 is 27.8 Å². The Balaban J connectivity index is 2.47. The molecular weight excluding hydrogens is 531 g/mol. The van der Waals surface area contributed by atoms with Crippen molar-refractivity contribution in [3.05, 3.63) is 35.5 Å². The van der Waals surface area contributed by atoms with Crippen molar-refractivity contribution >= 4 is 33.2 Å². The van der Waals surface area contributed by atoms with E-state index in [1.807, 2.05) is 0 Å². The van der Waals surface area contributed by atoms with E-state index in [-0.39, 0.29) is 23.0 Å². The molecule has 2 aromatic rings. The van der Waals surface area contributed by atoms with Crippen LogP contribution in [0.2, 0.25) is 0 Å². The number of halogens is 3. The Morgan fingerprint density at radius 2 is 1.53 bits per heavy atom. The molecule has 0 radical (unpaired) electrons. The van der Waals surface area contributed by atoms with Crippen LogP contribution in [0.25, 0.3) is 10.9 Å². The van der Waals surface area contributed by atoms with Crippen LogP contribution in [0.1, 0.15) is 65.5 Å². The monoisotopic (exact) mass is 563 g/mol. The molecule has 0 spiro atoms. The minimum atomic E-state index is -6.05. The number of alkyl carbamates (subject to hydrolysis) is 2. The summed E-state index contributed by atoms with van der Waals surface area (Å²) in [6.45, 7) is 11.4. The second kappa shape index (κ2) is 11.2. The fourth-order valence-electron chi connectivity index (χ4n) is 3.18. The highest BCUT2D eigenvalue weighted by Gasteiger charge is 2.49. The number of fused-ring (bicyclic) bond motifs is 1. The standard InChI is InChI=1S/C24H32F3N3O7S/c1-14(11-29-20(31)35-22(2,3)4)16-9-8-10-17-18(16)28-12-15(13-30-21(32)36-23(5,6)7)19(17)37-38(33,34)24(25,26)27/h8-10,12,14H,11,13H2,1-7H3,(H,29,31)(H,30,32). The van der Waals surface area contributed by atoms with Crippen LogP contribution < -0.4 is 14.8 Å². The van der Waals surface area contributed by atoms with Crippen molar-refractivity contribution < 1.29 is 44.8 Å². The van der Waals surface area contributed by atoms with Gasteiger partial charge in [0.2, 0.25) is 0 Å². The molecule has 1 unspecified atom stereocenters. The number of aromatic nitrogens is 1.